The van der Waals surface area contributed by atoms with Gasteiger partial charge in [0.15, 0.2) is 0 Å². The lowest BCUT2D eigenvalue weighted by atomic mass is 10.2. The Bertz CT molecular complexity index is 760. The average molecular weight is 406 g/mol. The van der Waals surface area contributed by atoms with Gasteiger partial charge in [0.1, 0.15) is 11.1 Å². The van der Waals surface area contributed by atoms with Crippen molar-refractivity contribution >= 4 is 23.4 Å². The van der Waals surface area contributed by atoms with Crippen LogP contribution in [0.3, 0.4) is 0 Å². The fourth-order valence-electron chi connectivity index (χ4n) is 3.43. The molecule has 0 unspecified atom stereocenters. The van der Waals surface area contributed by atoms with Gasteiger partial charge in [-0.1, -0.05) is 11.6 Å². The van der Waals surface area contributed by atoms with E-state index < -0.39 is 29.7 Å². The van der Waals surface area contributed by atoms with Gasteiger partial charge in [-0.15, -0.1) is 0 Å². The maximum atomic E-state index is 13.2. The number of halogens is 3. The van der Waals surface area contributed by atoms with Crippen molar-refractivity contribution in [2.24, 2.45) is 5.73 Å². The molecule has 1 aromatic rings. The second-order valence-electron chi connectivity index (χ2n) is 6.86. The number of nitrogens with two attached hydrogens (primary N) is 1. The van der Waals surface area contributed by atoms with E-state index in [1.807, 2.05) is 4.90 Å². The van der Waals surface area contributed by atoms with Gasteiger partial charge in [-0.2, -0.15) is 5.10 Å². The van der Waals surface area contributed by atoms with Crippen LogP contribution < -0.4 is 21.5 Å². The third-order valence-electron chi connectivity index (χ3n) is 4.79. The van der Waals surface area contributed by atoms with Gasteiger partial charge in [0.2, 0.25) is 5.92 Å². The first-order valence-electron chi connectivity index (χ1n) is 8.84. The molecule has 1 saturated heterocycles. The third-order valence-corrected chi connectivity index (χ3v) is 5.15. The fourth-order valence-corrected chi connectivity index (χ4v) is 3.69. The molecule has 1 aromatic heterocycles. The molecule has 2 fully saturated rings. The molecular weight excluding hydrogens is 384 g/mol. The van der Waals surface area contributed by atoms with Crippen molar-refractivity contribution in [2.45, 2.75) is 50.3 Å². The SMILES string of the molecule is NCCn1ncc(N2CC[C@@H](OC(=O)N[C@@H]3CCC(F)(F)C3)C2)c(Cl)c1=O. The molecule has 27 heavy (non-hydrogen) atoms. The largest absolute Gasteiger partial charge is 0.444 e. The van der Waals surface area contributed by atoms with E-state index in [9.17, 15) is 18.4 Å². The van der Waals surface area contributed by atoms with Crippen LogP contribution in [0.1, 0.15) is 25.7 Å². The Labute approximate surface area is 159 Å². The van der Waals surface area contributed by atoms with Crippen LogP contribution >= 0.6 is 11.6 Å². The standard InChI is InChI=1S/C16H22ClF2N5O3/c17-13-12(8-21-24(6-4-20)14(13)25)23-5-2-11(9-23)27-15(26)22-10-1-3-16(18,19)7-10/h8,10-11H,1-7,9,20H2,(H,22,26)/t10-,11-/m1/s1. The molecule has 8 nitrogen and oxygen atoms in total. The summed E-state index contributed by atoms with van der Waals surface area (Å²) in [4.78, 5) is 25.9. The summed E-state index contributed by atoms with van der Waals surface area (Å²) < 4.78 is 32.9. The molecule has 1 amide bonds. The molecule has 0 bridgehead atoms. The Morgan fingerprint density at radius 3 is 2.93 bits per heavy atom. The van der Waals surface area contributed by atoms with Crippen LogP contribution in [-0.4, -0.2) is 53.6 Å². The molecule has 3 N–H and O–H groups in total. The van der Waals surface area contributed by atoms with E-state index in [1.165, 1.54) is 10.9 Å². The fraction of sp³-hybridized carbons (Fsp3) is 0.688. The van der Waals surface area contributed by atoms with E-state index >= 15 is 0 Å². The number of carbonyl (C=O) groups excluding carboxylic acids is 1. The molecule has 1 aliphatic carbocycles. The second-order valence-corrected chi connectivity index (χ2v) is 7.24. The highest BCUT2D eigenvalue weighted by molar-refractivity contribution is 6.33. The number of nitrogens with one attached hydrogen (secondary N) is 1. The summed E-state index contributed by atoms with van der Waals surface area (Å²) in [5.74, 6) is -2.73. The lowest BCUT2D eigenvalue weighted by molar-refractivity contribution is 0.00679. The van der Waals surface area contributed by atoms with Crippen LogP contribution in [0.4, 0.5) is 19.3 Å². The Balaban J connectivity index is 1.55. The molecule has 150 valence electrons. The molecule has 1 aliphatic heterocycles. The first kappa shape index (κ1) is 19.8. The highest BCUT2D eigenvalue weighted by atomic mass is 35.5. The van der Waals surface area contributed by atoms with Crippen molar-refractivity contribution < 1.29 is 18.3 Å². The zero-order valence-electron chi connectivity index (χ0n) is 14.7. The summed E-state index contributed by atoms with van der Waals surface area (Å²) in [5.41, 5.74) is 5.47. The number of alkyl carbamates (subject to hydrolysis) is 1. The molecule has 2 aliphatic rings. The van der Waals surface area contributed by atoms with Crippen LogP contribution in [-0.2, 0) is 11.3 Å². The molecule has 1 saturated carbocycles. The molecule has 0 spiro atoms. The lowest BCUT2D eigenvalue weighted by Gasteiger charge is -2.20. The second kappa shape index (κ2) is 7.97. The van der Waals surface area contributed by atoms with Gasteiger partial charge in [-0.25, -0.2) is 18.3 Å². The summed E-state index contributed by atoms with van der Waals surface area (Å²) >= 11 is 6.16. The van der Waals surface area contributed by atoms with Crippen molar-refractivity contribution in [3.63, 3.8) is 0 Å². The number of ether oxygens (including phenoxy) is 1. The maximum absolute atomic E-state index is 13.2. The van der Waals surface area contributed by atoms with Gasteiger partial charge in [0, 0.05) is 38.4 Å². The van der Waals surface area contributed by atoms with Crippen molar-refractivity contribution in [3.05, 3.63) is 21.6 Å². The minimum absolute atomic E-state index is 0.0386. The number of carbonyl (C=O) groups is 1. The van der Waals surface area contributed by atoms with Gasteiger partial charge in [-0.05, 0) is 6.42 Å². The topological polar surface area (TPSA) is 102 Å². The maximum Gasteiger partial charge on any atom is 0.407 e. The first-order chi connectivity index (χ1) is 12.8. The quantitative estimate of drug-likeness (QED) is 0.766. The number of aromatic nitrogens is 2. The minimum Gasteiger partial charge on any atom is -0.444 e. The Morgan fingerprint density at radius 1 is 1.48 bits per heavy atom. The van der Waals surface area contributed by atoms with Crippen LogP contribution in [0.5, 0.6) is 0 Å². The number of anilines is 1. The van der Waals surface area contributed by atoms with Crippen molar-refractivity contribution in [1.82, 2.24) is 15.1 Å². The number of alkyl halides is 2. The molecular formula is C16H22ClF2N5O3. The van der Waals surface area contributed by atoms with E-state index in [1.54, 1.807) is 0 Å². The van der Waals surface area contributed by atoms with Gasteiger partial charge < -0.3 is 20.7 Å². The van der Waals surface area contributed by atoms with Gasteiger partial charge in [0.25, 0.3) is 5.56 Å². The lowest BCUT2D eigenvalue weighted by Crippen LogP contribution is -2.37. The summed E-state index contributed by atoms with van der Waals surface area (Å²) in [6.07, 6.45) is 0.551. The van der Waals surface area contributed by atoms with Crippen LogP contribution in [0.15, 0.2) is 11.0 Å². The van der Waals surface area contributed by atoms with Crippen LogP contribution in [0, 0.1) is 0 Å². The predicted molar refractivity (Wildman–Crippen MR) is 95.4 cm³/mol. The number of hydrogen-bond acceptors (Lipinski definition) is 6. The summed E-state index contributed by atoms with van der Waals surface area (Å²) in [7, 11) is 0. The van der Waals surface area contributed by atoms with Crippen LogP contribution in [0.2, 0.25) is 5.02 Å². The highest BCUT2D eigenvalue weighted by Gasteiger charge is 2.40. The number of rotatable bonds is 5. The average Bonchev–Trinajstić information content (AvgIpc) is 3.18. The van der Waals surface area contributed by atoms with Gasteiger partial charge >= 0.3 is 6.09 Å². The Hall–Kier alpha value is -1.94. The van der Waals surface area contributed by atoms with E-state index in [0.717, 1.165) is 0 Å². The molecule has 2 heterocycles. The van der Waals surface area contributed by atoms with E-state index in [-0.39, 0.29) is 37.4 Å². The Morgan fingerprint density at radius 2 is 2.26 bits per heavy atom. The Kier molecular flexibility index (Phi) is 5.85. The number of nitrogens with zero attached hydrogens (tertiary/aromatic N) is 3. The van der Waals surface area contributed by atoms with Crippen molar-refractivity contribution in [2.75, 3.05) is 24.5 Å². The molecule has 3 rings (SSSR count). The molecule has 11 heteroatoms. The smallest absolute Gasteiger partial charge is 0.407 e. The minimum atomic E-state index is -2.73. The van der Waals surface area contributed by atoms with Crippen molar-refractivity contribution in [3.8, 4) is 0 Å². The zero-order chi connectivity index (χ0) is 19.6. The monoisotopic (exact) mass is 405 g/mol. The summed E-state index contributed by atoms with van der Waals surface area (Å²) in [5, 5.41) is 6.58. The highest BCUT2D eigenvalue weighted by Crippen LogP contribution is 2.34. The van der Waals surface area contributed by atoms with E-state index in [2.05, 4.69) is 10.4 Å². The molecule has 2 atom stereocenters. The normalized spacial score (nSPS) is 24.2. The molecule has 0 aromatic carbocycles. The molecule has 0 radical (unpaired) electrons. The van der Waals surface area contributed by atoms with Gasteiger partial charge in [0.05, 0.1) is 25.0 Å². The predicted octanol–water partition coefficient (Wildman–Crippen LogP) is 1.35. The third kappa shape index (κ3) is 4.67. The number of amides is 1. The van der Waals surface area contributed by atoms with E-state index in [4.69, 9.17) is 22.1 Å². The van der Waals surface area contributed by atoms with E-state index in [0.29, 0.717) is 25.2 Å². The first-order valence-corrected chi connectivity index (χ1v) is 9.22. The zero-order valence-corrected chi connectivity index (χ0v) is 15.4. The van der Waals surface area contributed by atoms with Gasteiger partial charge in [-0.3, -0.25) is 4.79 Å². The summed E-state index contributed by atoms with van der Waals surface area (Å²) in [6.45, 7) is 1.41. The van der Waals surface area contributed by atoms with Crippen LogP contribution in [0.25, 0.3) is 0 Å². The van der Waals surface area contributed by atoms with Crippen molar-refractivity contribution in [1.29, 1.82) is 0 Å². The number of hydrogen-bond donors (Lipinski definition) is 2. The summed E-state index contributed by atoms with van der Waals surface area (Å²) in [6, 6.07) is -0.571.